The lowest BCUT2D eigenvalue weighted by molar-refractivity contribution is -0.141. The van der Waals surface area contributed by atoms with E-state index >= 15 is 0 Å². The predicted molar refractivity (Wildman–Crippen MR) is 193 cm³/mol. The van der Waals surface area contributed by atoms with Crippen LogP contribution in [0.1, 0.15) is 42.0 Å². The minimum atomic E-state index is -4.23. The maximum atomic E-state index is 13.9. The summed E-state index contributed by atoms with van der Waals surface area (Å²) in [4.78, 5) is 46.3. The Morgan fingerprint density at radius 1 is 0.960 bits per heavy atom. The van der Waals surface area contributed by atoms with E-state index in [1.165, 1.54) is 19.1 Å². The van der Waals surface area contributed by atoms with Crippen LogP contribution in [-0.4, -0.2) is 92.0 Å². The zero-order valence-electron chi connectivity index (χ0n) is 28.1. The Balaban J connectivity index is 1.46. The van der Waals surface area contributed by atoms with Gasteiger partial charge in [-0.2, -0.15) is 4.31 Å². The van der Waals surface area contributed by atoms with Crippen LogP contribution in [0, 0.1) is 6.92 Å². The van der Waals surface area contributed by atoms with Crippen molar-refractivity contribution in [1.82, 2.24) is 19.4 Å². The summed E-state index contributed by atoms with van der Waals surface area (Å²) in [7, 11) is -4.23. The Labute approximate surface area is 303 Å². The fraction of sp³-hybridized carbons (Fsp3) is 0.371. The number of hydrogen-bond donors (Lipinski definition) is 2. The molecule has 50 heavy (non-hydrogen) atoms. The molecule has 1 heterocycles. The van der Waals surface area contributed by atoms with Crippen LogP contribution >= 0.6 is 23.2 Å². The van der Waals surface area contributed by atoms with Crippen molar-refractivity contribution in [3.8, 4) is 0 Å². The van der Waals surface area contributed by atoms with E-state index in [4.69, 9.17) is 28.9 Å². The molecule has 0 saturated carbocycles. The molecule has 268 valence electrons. The zero-order valence-corrected chi connectivity index (χ0v) is 30.4. The molecular weight excluding hydrogens is 703 g/mol. The smallest absolute Gasteiger partial charge is 0.332 e. The molecule has 3 aromatic rings. The van der Waals surface area contributed by atoms with Crippen molar-refractivity contribution in [2.24, 2.45) is 10.9 Å². The molecule has 3 N–H and O–H groups in total. The highest BCUT2D eigenvalue weighted by molar-refractivity contribution is 7.89. The number of nitrogens with one attached hydrogen (secondary N) is 1. The second-order valence-corrected chi connectivity index (χ2v) is 14.6. The maximum absolute atomic E-state index is 13.9. The van der Waals surface area contributed by atoms with Gasteiger partial charge in [-0.1, -0.05) is 83.0 Å². The van der Waals surface area contributed by atoms with Crippen molar-refractivity contribution in [2.75, 3.05) is 45.8 Å². The minimum absolute atomic E-state index is 0.000227. The first-order valence-electron chi connectivity index (χ1n) is 16.2. The molecule has 0 unspecified atom stereocenters. The van der Waals surface area contributed by atoms with E-state index < -0.39 is 28.4 Å². The fourth-order valence-electron chi connectivity index (χ4n) is 5.39. The number of carbonyl (C=O) groups excluding carboxylic acids is 3. The standard InChI is InChI=1S/C35H42Cl2N6O6S/c1-25-30(36)14-15-31(34(25)37)50(47,48)43(19-16-27-8-4-3-5-9-27)24-32(45)39-22-33(46)42(21-20-41-17-6-7-18-41)23-28-10-12-29(13-11-28)35(38)40-49-26(2)44/h3-5,8-15H,6-7,16-24H2,1-2H3,(H2,38,40)(H,39,45). The highest BCUT2D eigenvalue weighted by Gasteiger charge is 2.30. The first kappa shape index (κ1) is 38.8. The van der Waals surface area contributed by atoms with Gasteiger partial charge < -0.3 is 25.7 Å². The van der Waals surface area contributed by atoms with Crippen molar-refractivity contribution in [1.29, 1.82) is 0 Å². The second kappa shape index (κ2) is 18.3. The van der Waals surface area contributed by atoms with Crippen LogP contribution in [-0.2, 0) is 42.2 Å². The monoisotopic (exact) mass is 744 g/mol. The van der Waals surface area contributed by atoms with Crippen LogP contribution in [0.25, 0.3) is 0 Å². The summed E-state index contributed by atoms with van der Waals surface area (Å²) in [5, 5.41) is 6.54. The number of amidine groups is 1. The molecule has 0 aliphatic carbocycles. The van der Waals surface area contributed by atoms with E-state index in [9.17, 15) is 22.8 Å². The van der Waals surface area contributed by atoms with E-state index in [0.29, 0.717) is 35.7 Å². The van der Waals surface area contributed by atoms with Crippen LogP contribution in [0.5, 0.6) is 0 Å². The lowest BCUT2D eigenvalue weighted by Gasteiger charge is -2.26. The molecule has 0 atom stereocenters. The summed E-state index contributed by atoms with van der Waals surface area (Å²) >= 11 is 12.6. The number of carbonyl (C=O) groups is 3. The van der Waals surface area contributed by atoms with Gasteiger partial charge in [-0.25, -0.2) is 13.2 Å². The van der Waals surface area contributed by atoms with Gasteiger partial charge in [0.2, 0.25) is 21.8 Å². The van der Waals surface area contributed by atoms with Gasteiger partial charge in [-0.15, -0.1) is 0 Å². The SMILES string of the molecule is CC(=O)O/N=C(/N)c1ccc(CN(CCN2CCCC2)C(=O)CNC(=O)CN(CCc2ccccc2)S(=O)(=O)c2ccc(Cl)c(C)c2Cl)cc1. The van der Waals surface area contributed by atoms with Crippen LogP contribution in [0.2, 0.25) is 10.0 Å². The Morgan fingerprint density at radius 3 is 2.30 bits per heavy atom. The van der Waals surface area contributed by atoms with Crippen molar-refractivity contribution in [3.05, 3.63) is 99.0 Å². The van der Waals surface area contributed by atoms with Gasteiger partial charge >= 0.3 is 5.97 Å². The summed E-state index contributed by atoms with van der Waals surface area (Å²) < 4.78 is 28.8. The van der Waals surface area contributed by atoms with Gasteiger partial charge in [0.1, 0.15) is 4.90 Å². The molecule has 0 bridgehead atoms. The number of likely N-dealkylation sites (tertiary alicyclic amines) is 1. The average molecular weight is 746 g/mol. The average Bonchev–Trinajstić information content (AvgIpc) is 3.63. The predicted octanol–water partition coefficient (Wildman–Crippen LogP) is 3.96. The zero-order chi connectivity index (χ0) is 36.3. The highest BCUT2D eigenvalue weighted by atomic mass is 35.5. The van der Waals surface area contributed by atoms with Crippen molar-refractivity contribution >= 4 is 56.8 Å². The molecule has 12 nitrogen and oxygen atoms in total. The fourth-order valence-corrected chi connectivity index (χ4v) is 7.57. The number of nitrogens with zero attached hydrogens (tertiary/aromatic N) is 4. The first-order chi connectivity index (χ1) is 23.8. The van der Waals surface area contributed by atoms with E-state index in [1.807, 2.05) is 30.3 Å². The van der Waals surface area contributed by atoms with Gasteiger partial charge in [0.05, 0.1) is 18.1 Å². The first-order valence-corrected chi connectivity index (χ1v) is 18.4. The Hall–Kier alpha value is -4.01. The van der Waals surface area contributed by atoms with E-state index in [0.717, 1.165) is 41.4 Å². The quantitative estimate of drug-likeness (QED) is 0.0968. The summed E-state index contributed by atoms with van der Waals surface area (Å²) in [6.45, 7) is 5.27. The van der Waals surface area contributed by atoms with E-state index in [2.05, 4.69) is 20.2 Å². The molecule has 1 aliphatic heterocycles. The van der Waals surface area contributed by atoms with Crippen LogP contribution in [0.15, 0.2) is 76.8 Å². The molecule has 0 spiro atoms. The summed E-state index contributed by atoms with van der Waals surface area (Å²) in [6, 6.07) is 19.1. The molecule has 3 aromatic carbocycles. The third kappa shape index (κ3) is 11.0. The largest absolute Gasteiger partial charge is 0.380 e. The number of nitrogens with two attached hydrogens (primary N) is 1. The third-order valence-electron chi connectivity index (χ3n) is 8.29. The van der Waals surface area contributed by atoms with E-state index in [-0.39, 0.29) is 41.3 Å². The maximum Gasteiger partial charge on any atom is 0.332 e. The molecule has 4 rings (SSSR count). The summed E-state index contributed by atoms with van der Waals surface area (Å²) in [6.07, 6.45) is 2.55. The Morgan fingerprint density at radius 2 is 1.64 bits per heavy atom. The van der Waals surface area contributed by atoms with Gasteiger partial charge in [-0.3, -0.25) is 9.59 Å². The number of rotatable bonds is 16. The number of oxime groups is 1. The molecule has 1 saturated heterocycles. The highest BCUT2D eigenvalue weighted by Crippen LogP contribution is 2.32. The number of sulfonamides is 1. The lowest BCUT2D eigenvalue weighted by atomic mass is 10.1. The summed E-state index contributed by atoms with van der Waals surface area (Å²) in [5.41, 5.74) is 8.55. The topological polar surface area (TPSA) is 155 Å². The Kier molecular flexibility index (Phi) is 14.2. The molecule has 2 amide bonds. The van der Waals surface area contributed by atoms with Gasteiger partial charge in [0.15, 0.2) is 5.84 Å². The molecule has 1 fully saturated rings. The van der Waals surface area contributed by atoms with Crippen molar-refractivity contribution < 1.29 is 27.6 Å². The van der Waals surface area contributed by atoms with Gasteiger partial charge in [0, 0.05) is 43.7 Å². The molecule has 0 radical (unpaired) electrons. The van der Waals surface area contributed by atoms with Gasteiger partial charge in [-0.05, 0) is 68.1 Å². The van der Waals surface area contributed by atoms with Crippen molar-refractivity contribution in [3.63, 3.8) is 0 Å². The van der Waals surface area contributed by atoms with Crippen molar-refractivity contribution in [2.45, 2.75) is 44.6 Å². The van der Waals surface area contributed by atoms with Crippen LogP contribution < -0.4 is 11.1 Å². The lowest BCUT2D eigenvalue weighted by Crippen LogP contribution is -2.46. The van der Waals surface area contributed by atoms with Crippen LogP contribution in [0.4, 0.5) is 0 Å². The second-order valence-electron chi connectivity index (χ2n) is 12.0. The summed E-state index contributed by atoms with van der Waals surface area (Å²) in [5.74, 6) is -1.52. The molecule has 0 aromatic heterocycles. The normalized spacial score (nSPS) is 13.7. The number of amides is 2. The number of hydrogen-bond acceptors (Lipinski definition) is 8. The minimum Gasteiger partial charge on any atom is -0.380 e. The molecule has 1 aliphatic rings. The number of halogens is 2. The Bertz CT molecular complexity index is 1790. The van der Waals surface area contributed by atoms with E-state index in [1.54, 1.807) is 36.1 Å². The third-order valence-corrected chi connectivity index (χ3v) is 11.2. The molecular formula is C35H42Cl2N6O6S. The number of benzene rings is 3. The van der Waals surface area contributed by atoms with Gasteiger partial charge in [0.25, 0.3) is 0 Å². The van der Waals surface area contributed by atoms with Crippen LogP contribution in [0.3, 0.4) is 0 Å². The molecule has 15 heteroatoms.